The smallest absolute Gasteiger partial charge is 0.408 e. The van der Waals surface area contributed by atoms with Crippen LogP contribution in [0.5, 0.6) is 0 Å². The van der Waals surface area contributed by atoms with Crippen molar-refractivity contribution in [2.24, 2.45) is 5.92 Å². The Morgan fingerprint density at radius 1 is 1.13 bits per heavy atom. The topological polar surface area (TPSA) is 139 Å². The highest BCUT2D eigenvalue weighted by Crippen LogP contribution is 2.15. The number of rotatable bonds is 11. The molecule has 1 rings (SSSR count). The highest BCUT2D eigenvalue weighted by Gasteiger charge is 2.30. The summed E-state index contributed by atoms with van der Waals surface area (Å²) < 4.78 is 26.9. The van der Waals surface area contributed by atoms with Gasteiger partial charge in [0.1, 0.15) is 17.4 Å². The molecule has 0 fully saturated rings. The van der Waals surface area contributed by atoms with Crippen LogP contribution in [0.3, 0.4) is 0 Å². The SMILES string of the molecule is CC(C)C(NC(=O)OCc1ccccc1)C(=O)N[C@@H](CC(=O)O)CC(Cl)S(C)(=O)=O. The molecule has 0 aliphatic carbocycles. The monoisotopic (exact) mass is 462 g/mol. The number of aliphatic carboxylic acids is 1. The number of benzene rings is 1. The Morgan fingerprint density at radius 2 is 1.73 bits per heavy atom. The first kappa shape index (κ1) is 25.7. The van der Waals surface area contributed by atoms with Crippen molar-refractivity contribution in [2.75, 3.05) is 6.26 Å². The standard InChI is InChI=1S/C19H27ClN2O7S/c1-12(2)17(22-19(26)29-11-13-7-5-4-6-8-13)18(25)21-14(10-16(23)24)9-15(20)30(3,27)28/h4-8,12,14-15,17H,9-11H2,1-3H3,(H,21,25)(H,22,26)(H,23,24)/t14-,15?,17?/m1/s1. The minimum absolute atomic E-state index is 0.0169. The van der Waals surface area contributed by atoms with Gasteiger partial charge in [-0.25, -0.2) is 13.2 Å². The molecule has 0 heterocycles. The van der Waals surface area contributed by atoms with Gasteiger partial charge in [0.15, 0.2) is 9.84 Å². The molecule has 0 bridgehead atoms. The normalized spacial score (nSPS) is 14.4. The summed E-state index contributed by atoms with van der Waals surface area (Å²) in [5.74, 6) is -2.24. The summed E-state index contributed by atoms with van der Waals surface area (Å²) >= 11 is 5.82. The number of alkyl carbamates (subject to hydrolysis) is 1. The summed E-state index contributed by atoms with van der Waals surface area (Å²) in [5.41, 5.74) is 0.772. The van der Waals surface area contributed by atoms with Crippen LogP contribution >= 0.6 is 11.6 Å². The largest absolute Gasteiger partial charge is 0.481 e. The van der Waals surface area contributed by atoms with Crippen LogP contribution in [-0.2, 0) is 30.8 Å². The molecule has 2 amide bonds. The van der Waals surface area contributed by atoms with Crippen molar-refractivity contribution < 1.29 is 32.6 Å². The molecule has 3 N–H and O–H groups in total. The molecule has 0 spiro atoms. The van der Waals surface area contributed by atoms with Crippen LogP contribution in [0, 0.1) is 5.92 Å². The molecule has 0 radical (unpaired) electrons. The highest BCUT2D eigenvalue weighted by atomic mass is 35.5. The lowest BCUT2D eigenvalue weighted by atomic mass is 10.0. The molecule has 3 atom stereocenters. The van der Waals surface area contributed by atoms with Gasteiger partial charge in [0.05, 0.1) is 6.42 Å². The van der Waals surface area contributed by atoms with E-state index >= 15 is 0 Å². The van der Waals surface area contributed by atoms with Crippen molar-refractivity contribution in [1.29, 1.82) is 0 Å². The fraction of sp³-hybridized carbons (Fsp3) is 0.526. The average Bonchev–Trinajstić information content (AvgIpc) is 2.63. The lowest BCUT2D eigenvalue weighted by Crippen LogP contribution is -2.53. The Bertz CT molecular complexity index is 831. The molecule has 0 saturated heterocycles. The first-order valence-corrected chi connectivity index (χ1v) is 11.6. The van der Waals surface area contributed by atoms with Gasteiger partial charge >= 0.3 is 12.1 Å². The average molecular weight is 463 g/mol. The van der Waals surface area contributed by atoms with Gasteiger partial charge in [-0.05, 0) is 17.9 Å². The number of ether oxygens (including phenoxy) is 1. The summed E-state index contributed by atoms with van der Waals surface area (Å²) in [5, 5.41) is 14.0. The van der Waals surface area contributed by atoms with E-state index in [0.717, 1.165) is 11.8 Å². The van der Waals surface area contributed by atoms with Gasteiger partial charge in [-0.1, -0.05) is 44.2 Å². The zero-order valence-corrected chi connectivity index (χ0v) is 18.6. The molecule has 1 aromatic rings. The maximum absolute atomic E-state index is 12.7. The van der Waals surface area contributed by atoms with Gasteiger partial charge in [0.2, 0.25) is 5.91 Å². The van der Waals surface area contributed by atoms with Gasteiger partial charge in [-0.2, -0.15) is 0 Å². The van der Waals surface area contributed by atoms with Crippen molar-refractivity contribution in [3.63, 3.8) is 0 Å². The van der Waals surface area contributed by atoms with Crippen molar-refractivity contribution in [3.8, 4) is 0 Å². The van der Waals surface area contributed by atoms with Crippen LogP contribution in [0.2, 0.25) is 0 Å². The maximum atomic E-state index is 12.7. The minimum Gasteiger partial charge on any atom is -0.481 e. The van der Waals surface area contributed by atoms with Gasteiger partial charge in [-0.3, -0.25) is 9.59 Å². The molecule has 0 saturated carbocycles. The molecule has 0 aliphatic heterocycles. The number of carbonyl (C=O) groups is 3. The maximum Gasteiger partial charge on any atom is 0.408 e. The van der Waals surface area contributed by atoms with Crippen LogP contribution in [0.15, 0.2) is 30.3 Å². The van der Waals surface area contributed by atoms with Crippen LogP contribution in [0.25, 0.3) is 0 Å². The minimum atomic E-state index is -3.63. The molecule has 0 aromatic heterocycles. The quantitative estimate of drug-likeness (QED) is 0.427. The summed E-state index contributed by atoms with van der Waals surface area (Å²) in [6, 6.07) is 6.92. The summed E-state index contributed by atoms with van der Waals surface area (Å²) in [6.07, 6.45) is -0.699. The number of halogens is 1. The molecule has 9 nitrogen and oxygen atoms in total. The molecule has 11 heteroatoms. The number of hydrogen-bond acceptors (Lipinski definition) is 6. The Balaban J connectivity index is 2.76. The number of alkyl halides is 1. The van der Waals surface area contributed by atoms with Crippen molar-refractivity contribution in [2.45, 2.75) is 50.1 Å². The van der Waals surface area contributed by atoms with Crippen molar-refractivity contribution in [1.82, 2.24) is 10.6 Å². The number of nitrogens with one attached hydrogen (secondary N) is 2. The summed E-state index contributed by atoms with van der Waals surface area (Å²) in [6.45, 7) is 3.40. The molecule has 2 unspecified atom stereocenters. The predicted molar refractivity (Wildman–Crippen MR) is 112 cm³/mol. The van der Waals surface area contributed by atoms with Crippen LogP contribution in [0.1, 0.15) is 32.3 Å². The third kappa shape index (κ3) is 9.45. The van der Waals surface area contributed by atoms with E-state index in [4.69, 9.17) is 21.4 Å². The number of sulfone groups is 1. The second-order valence-electron chi connectivity index (χ2n) is 7.21. The number of carboxylic acid groups (broad SMARTS) is 1. The van der Waals surface area contributed by atoms with Gasteiger partial charge in [0, 0.05) is 12.3 Å². The van der Waals surface area contributed by atoms with Gasteiger partial charge in [0.25, 0.3) is 0 Å². The lowest BCUT2D eigenvalue weighted by Gasteiger charge is -2.25. The van der Waals surface area contributed by atoms with E-state index in [2.05, 4.69) is 10.6 Å². The van der Waals surface area contributed by atoms with E-state index in [0.29, 0.717) is 0 Å². The summed E-state index contributed by atoms with van der Waals surface area (Å²) in [7, 11) is -3.63. The molecule has 30 heavy (non-hydrogen) atoms. The zero-order chi connectivity index (χ0) is 22.9. The number of amides is 2. The lowest BCUT2D eigenvalue weighted by molar-refractivity contribution is -0.137. The first-order chi connectivity index (χ1) is 13.9. The van der Waals surface area contributed by atoms with Crippen LogP contribution in [-0.4, -0.2) is 54.5 Å². The summed E-state index contributed by atoms with van der Waals surface area (Å²) in [4.78, 5) is 35.8. The first-order valence-electron chi connectivity index (χ1n) is 9.22. The number of carbonyl (C=O) groups excluding carboxylic acids is 2. The van der Waals surface area contributed by atoms with Crippen molar-refractivity contribution in [3.05, 3.63) is 35.9 Å². The van der Waals surface area contributed by atoms with E-state index in [9.17, 15) is 22.8 Å². The van der Waals surface area contributed by atoms with Gasteiger partial charge in [-0.15, -0.1) is 11.6 Å². The highest BCUT2D eigenvalue weighted by molar-refractivity contribution is 7.92. The Hall–Kier alpha value is -2.33. The molecule has 168 valence electrons. The second kappa shape index (κ2) is 11.8. The van der Waals surface area contributed by atoms with E-state index in [1.807, 2.05) is 6.07 Å². The van der Waals surface area contributed by atoms with E-state index in [1.165, 1.54) is 0 Å². The Labute approximate surface area is 181 Å². The Kier molecular flexibility index (Phi) is 10.1. The predicted octanol–water partition coefficient (Wildman–Crippen LogP) is 1.90. The van der Waals surface area contributed by atoms with Crippen molar-refractivity contribution >= 4 is 39.4 Å². The molecular weight excluding hydrogens is 436 g/mol. The van der Waals surface area contributed by atoms with E-state index in [-0.39, 0.29) is 18.9 Å². The third-order valence-corrected chi connectivity index (χ3v) is 6.41. The Morgan fingerprint density at radius 3 is 2.23 bits per heavy atom. The molecule has 0 aliphatic rings. The van der Waals surface area contributed by atoms with Gasteiger partial charge < -0.3 is 20.5 Å². The van der Waals surface area contributed by atoms with Crippen LogP contribution < -0.4 is 10.6 Å². The second-order valence-corrected chi connectivity index (χ2v) is 10.2. The molecule has 1 aromatic carbocycles. The fourth-order valence-electron chi connectivity index (χ4n) is 2.52. The van der Waals surface area contributed by atoms with E-state index in [1.54, 1.807) is 38.1 Å². The fourth-order valence-corrected chi connectivity index (χ4v) is 3.32. The third-order valence-electron chi connectivity index (χ3n) is 4.14. The molecular formula is C19H27ClN2O7S. The van der Waals surface area contributed by atoms with Crippen LogP contribution in [0.4, 0.5) is 4.79 Å². The zero-order valence-electron chi connectivity index (χ0n) is 17.0. The number of hydrogen-bond donors (Lipinski definition) is 3. The number of carboxylic acids is 1. The van der Waals surface area contributed by atoms with E-state index < -0.39 is 51.0 Å².